The first-order valence-corrected chi connectivity index (χ1v) is 10.5. The van der Waals surface area contributed by atoms with Crippen LogP contribution >= 0.6 is 11.3 Å². The summed E-state index contributed by atoms with van der Waals surface area (Å²) in [6.07, 6.45) is 0.431. The predicted molar refractivity (Wildman–Crippen MR) is 109 cm³/mol. The summed E-state index contributed by atoms with van der Waals surface area (Å²) >= 11 is 1.54. The third-order valence-electron chi connectivity index (χ3n) is 4.89. The number of amides is 1. The molecule has 146 valence electrons. The van der Waals surface area contributed by atoms with Gasteiger partial charge in [0.25, 0.3) is 5.91 Å². The van der Waals surface area contributed by atoms with Crippen molar-refractivity contribution in [2.75, 3.05) is 32.7 Å². The average Bonchev–Trinajstić information content (AvgIpc) is 3.01. The SMILES string of the molecule is Cc1nc(CC(C)C)sc1C(=O)N1CCN(CC(O)c2ccccc2)CC1. The number of hydrogen-bond donors (Lipinski definition) is 1. The number of nitrogens with zero attached hydrogens (tertiary/aromatic N) is 3. The van der Waals surface area contributed by atoms with Crippen LogP contribution in [0, 0.1) is 12.8 Å². The number of thiazole rings is 1. The standard InChI is InChI=1S/C21H29N3O2S/c1-15(2)13-19-22-16(3)20(27-19)21(26)24-11-9-23(10-12-24)14-18(25)17-7-5-4-6-8-17/h4-8,15,18,25H,9-14H2,1-3H3. The van der Waals surface area contributed by atoms with E-state index < -0.39 is 6.10 Å². The second kappa shape index (κ2) is 8.95. The van der Waals surface area contributed by atoms with Gasteiger partial charge in [-0.2, -0.15) is 0 Å². The molecule has 0 spiro atoms. The van der Waals surface area contributed by atoms with Gasteiger partial charge in [0.15, 0.2) is 0 Å². The zero-order valence-electron chi connectivity index (χ0n) is 16.4. The van der Waals surface area contributed by atoms with Crippen molar-refractivity contribution in [3.05, 3.63) is 51.5 Å². The van der Waals surface area contributed by atoms with E-state index >= 15 is 0 Å². The molecule has 1 aromatic heterocycles. The highest BCUT2D eigenvalue weighted by molar-refractivity contribution is 7.13. The van der Waals surface area contributed by atoms with Crippen molar-refractivity contribution < 1.29 is 9.90 Å². The zero-order valence-corrected chi connectivity index (χ0v) is 17.2. The smallest absolute Gasteiger partial charge is 0.265 e. The Bertz CT molecular complexity index is 752. The van der Waals surface area contributed by atoms with Gasteiger partial charge in [-0.1, -0.05) is 44.2 Å². The number of β-amino-alcohol motifs (C(OH)–C–C–N with tert-alkyl or cyclic N) is 1. The molecule has 1 aliphatic rings. The van der Waals surface area contributed by atoms with Crippen LogP contribution < -0.4 is 0 Å². The molecule has 1 aliphatic heterocycles. The fraction of sp³-hybridized carbons (Fsp3) is 0.524. The maximum absolute atomic E-state index is 12.9. The molecule has 1 atom stereocenters. The van der Waals surface area contributed by atoms with Gasteiger partial charge in [0.2, 0.25) is 0 Å². The lowest BCUT2D eigenvalue weighted by Gasteiger charge is -2.35. The zero-order chi connectivity index (χ0) is 19.4. The van der Waals surface area contributed by atoms with E-state index in [-0.39, 0.29) is 5.91 Å². The summed E-state index contributed by atoms with van der Waals surface area (Å²) in [6.45, 7) is 9.82. The van der Waals surface area contributed by atoms with E-state index in [0.29, 0.717) is 25.6 Å². The van der Waals surface area contributed by atoms with Gasteiger partial charge < -0.3 is 10.0 Å². The maximum Gasteiger partial charge on any atom is 0.265 e. The van der Waals surface area contributed by atoms with Crippen LogP contribution in [0.3, 0.4) is 0 Å². The second-order valence-electron chi connectivity index (χ2n) is 7.64. The predicted octanol–water partition coefficient (Wildman–Crippen LogP) is 3.14. The van der Waals surface area contributed by atoms with Crippen LogP contribution in [0.25, 0.3) is 0 Å². The van der Waals surface area contributed by atoms with Crippen molar-refractivity contribution in [1.82, 2.24) is 14.8 Å². The Morgan fingerprint density at radius 2 is 1.85 bits per heavy atom. The highest BCUT2D eigenvalue weighted by atomic mass is 32.1. The van der Waals surface area contributed by atoms with Crippen LogP contribution in [-0.4, -0.2) is 58.5 Å². The highest BCUT2D eigenvalue weighted by Crippen LogP contribution is 2.23. The van der Waals surface area contributed by atoms with E-state index in [1.54, 1.807) is 11.3 Å². The average molecular weight is 388 g/mol. The van der Waals surface area contributed by atoms with E-state index in [1.807, 2.05) is 42.2 Å². The molecule has 1 amide bonds. The van der Waals surface area contributed by atoms with Gasteiger partial charge in [-0.25, -0.2) is 4.98 Å². The Labute approximate surface area is 165 Å². The molecule has 3 rings (SSSR count). The summed E-state index contributed by atoms with van der Waals surface area (Å²) in [5.74, 6) is 0.640. The van der Waals surface area contributed by atoms with Gasteiger partial charge in [-0.3, -0.25) is 9.69 Å². The molecule has 0 bridgehead atoms. The quantitative estimate of drug-likeness (QED) is 0.827. The Morgan fingerprint density at radius 3 is 2.48 bits per heavy atom. The largest absolute Gasteiger partial charge is 0.387 e. The highest BCUT2D eigenvalue weighted by Gasteiger charge is 2.26. The van der Waals surface area contributed by atoms with Crippen molar-refractivity contribution in [3.8, 4) is 0 Å². The van der Waals surface area contributed by atoms with Gasteiger partial charge in [-0.15, -0.1) is 11.3 Å². The number of aliphatic hydroxyl groups is 1. The third kappa shape index (κ3) is 5.15. The first-order chi connectivity index (χ1) is 12.9. The van der Waals surface area contributed by atoms with Gasteiger partial charge in [0, 0.05) is 39.1 Å². The number of aryl methyl sites for hydroxylation is 1. The number of aromatic nitrogens is 1. The van der Waals surface area contributed by atoms with Crippen LogP contribution in [0.15, 0.2) is 30.3 Å². The van der Waals surface area contributed by atoms with E-state index in [2.05, 4.69) is 23.7 Å². The molecule has 2 aromatic rings. The number of benzene rings is 1. The molecule has 0 aliphatic carbocycles. The molecule has 0 saturated carbocycles. The molecular weight excluding hydrogens is 358 g/mol. The van der Waals surface area contributed by atoms with Crippen molar-refractivity contribution in [3.63, 3.8) is 0 Å². The van der Waals surface area contributed by atoms with Crippen molar-refractivity contribution in [2.24, 2.45) is 5.92 Å². The molecule has 1 unspecified atom stereocenters. The first-order valence-electron chi connectivity index (χ1n) is 9.65. The molecule has 5 nitrogen and oxygen atoms in total. The molecule has 27 heavy (non-hydrogen) atoms. The van der Waals surface area contributed by atoms with Crippen LogP contribution in [0.5, 0.6) is 0 Å². The van der Waals surface area contributed by atoms with Gasteiger partial charge in [0.05, 0.1) is 16.8 Å². The summed E-state index contributed by atoms with van der Waals surface area (Å²) in [6, 6.07) is 9.74. The Hall–Kier alpha value is -1.76. The number of piperazine rings is 1. The normalized spacial score (nSPS) is 16.7. The molecule has 0 radical (unpaired) electrons. The second-order valence-corrected chi connectivity index (χ2v) is 8.72. The number of hydrogen-bond acceptors (Lipinski definition) is 5. The molecule has 1 N–H and O–H groups in total. The number of carbonyl (C=O) groups is 1. The van der Waals surface area contributed by atoms with Gasteiger partial charge in [0.1, 0.15) is 4.88 Å². The van der Waals surface area contributed by atoms with Crippen LogP contribution in [0.1, 0.15) is 45.9 Å². The van der Waals surface area contributed by atoms with Crippen LogP contribution in [0.4, 0.5) is 0 Å². The molecule has 1 saturated heterocycles. The van der Waals surface area contributed by atoms with E-state index in [0.717, 1.165) is 40.7 Å². The first kappa shape index (κ1) is 20.0. The fourth-order valence-corrected chi connectivity index (χ4v) is 4.63. The Kier molecular flexibility index (Phi) is 6.63. The summed E-state index contributed by atoms with van der Waals surface area (Å²) < 4.78 is 0. The lowest BCUT2D eigenvalue weighted by molar-refractivity contribution is 0.0530. The molecule has 2 heterocycles. The van der Waals surface area contributed by atoms with Gasteiger partial charge in [-0.05, 0) is 18.4 Å². The molecular formula is C21H29N3O2S. The van der Waals surface area contributed by atoms with Crippen molar-refractivity contribution in [1.29, 1.82) is 0 Å². The topological polar surface area (TPSA) is 56.7 Å². The minimum Gasteiger partial charge on any atom is -0.387 e. The number of carbonyl (C=O) groups excluding carboxylic acids is 1. The minimum atomic E-state index is -0.490. The molecule has 6 heteroatoms. The lowest BCUT2D eigenvalue weighted by atomic mass is 10.1. The third-order valence-corrected chi connectivity index (χ3v) is 6.06. The summed E-state index contributed by atoms with van der Waals surface area (Å²) in [7, 11) is 0. The maximum atomic E-state index is 12.9. The van der Waals surface area contributed by atoms with E-state index in [1.165, 1.54) is 0 Å². The fourth-order valence-electron chi connectivity index (χ4n) is 3.39. The van der Waals surface area contributed by atoms with Crippen molar-refractivity contribution >= 4 is 17.2 Å². The summed E-state index contributed by atoms with van der Waals surface area (Å²) in [5.41, 5.74) is 1.79. The number of rotatable bonds is 6. The summed E-state index contributed by atoms with van der Waals surface area (Å²) in [5, 5.41) is 11.5. The molecule has 1 aromatic carbocycles. The van der Waals surface area contributed by atoms with Crippen LogP contribution in [0.2, 0.25) is 0 Å². The van der Waals surface area contributed by atoms with Crippen LogP contribution in [-0.2, 0) is 6.42 Å². The van der Waals surface area contributed by atoms with Crippen molar-refractivity contribution in [2.45, 2.75) is 33.3 Å². The Morgan fingerprint density at radius 1 is 1.19 bits per heavy atom. The van der Waals surface area contributed by atoms with Gasteiger partial charge >= 0.3 is 0 Å². The van der Waals surface area contributed by atoms with E-state index in [9.17, 15) is 9.90 Å². The monoisotopic (exact) mass is 387 g/mol. The summed E-state index contributed by atoms with van der Waals surface area (Å²) in [4.78, 5) is 22.4. The minimum absolute atomic E-state index is 0.100. The number of aliphatic hydroxyl groups excluding tert-OH is 1. The lowest BCUT2D eigenvalue weighted by Crippen LogP contribution is -2.49. The Balaban J connectivity index is 1.54. The molecule has 1 fully saturated rings. The van der Waals surface area contributed by atoms with E-state index in [4.69, 9.17) is 0 Å².